The second-order valence-corrected chi connectivity index (χ2v) is 7.31. The summed E-state index contributed by atoms with van der Waals surface area (Å²) in [7, 11) is -2.01. The highest BCUT2D eigenvalue weighted by atomic mass is 32.2. The average molecular weight is 317 g/mol. The van der Waals surface area contributed by atoms with Crippen LogP contribution < -0.4 is 9.04 Å². The summed E-state index contributed by atoms with van der Waals surface area (Å²) < 4.78 is 32.7. The van der Waals surface area contributed by atoms with Crippen LogP contribution in [0.4, 0.5) is 5.69 Å². The fourth-order valence-electron chi connectivity index (χ4n) is 2.88. The molecule has 0 spiro atoms. The van der Waals surface area contributed by atoms with Gasteiger partial charge in [-0.25, -0.2) is 8.42 Å². The van der Waals surface area contributed by atoms with Crippen LogP contribution in [0.3, 0.4) is 0 Å². The number of aryl methyl sites for hydroxylation is 1. The molecule has 2 aromatic carbocycles. The molecule has 0 saturated heterocycles. The van der Waals surface area contributed by atoms with E-state index < -0.39 is 10.0 Å². The van der Waals surface area contributed by atoms with Crippen LogP contribution in [0.5, 0.6) is 5.75 Å². The first-order valence-electron chi connectivity index (χ1n) is 7.30. The summed E-state index contributed by atoms with van der Waals surface area (Å²) in [4.78, 5) is 0.289. The molecular formula is C17H19NO3S. The van der Waals surface area contributed by atoms with Crippen LogP contribution in [0.15, 0.2) is 53.4 Å². The minimum atomic E-state index is -3.57. The van der Waals surface area contributed by atoms with Crippen molar-refractivity contribution in [1.29, 1.82) is 0 Å². The van der Waals surface area contributed by atoms with Gasteiger partial charge in [-0.15, -0.1) is 0 Å². The van der Waals surface area contributed by atoms with Crippen molar-refractivity contribution in [3.8, 4) is 5.75 Å². The number of sulfonamides is 1. The summed E-state index contributed by atoms with van der Waals surface area (Å²) in [6.07, 6.45) is 1.73. The molecule has 1 aliphatic heterocycles. The number of para-hydroxylation sites is 1. The van der Waals surface area contributed by atoms with E-state index in [9.17, 15) is 8.42 Å². The Balaban J connectivity index is 2.07. The molecule has 0 amide bonds. The molecule has 2 aromatic rings. The first kappa shape index (κ1) is 14.9. The maximum atomic E-state index is 13.0. The second kappa shape index (κ2) is 5.65. The zero-order chi connectivity index (χ0) is 15.7. The molecule has 4 nitrogen and oxygen atoms in total. The number of anilines is 1. The van der Waals surface area contributed by atoms with Gasteiger partial charge in [0.1, 0.15) is 5.75 Å². The maximum Gasteiger partial charge on any atom is 0.264 e. The van der Waals surface area contributed by atoms with Crippen molar-refractivity contribution in [3.63, 3.8) is 0 Å². The fraction of sp³-hybridized carbons (Fsp3) is 0.294. The molecule has 0 radical (unpaired) electrons. The topological polar surface area (TPSA) is 46.6 Å². The van der Waals surface area contributed by atoms with Crippen molar-refractivity contribution in [2.45, 2.75) is 30.7 Å². The highest BCUT2D eigenvalue weighted by Crippen LogP contribution is 2.35. The zero-order valence-corrected chi connectivity index (χ0v) is 13.5. The smallest absolute Gasteiger partial charge is 0.264 e. The number of benzene rings is 2. The quantitative estimate of drug-likeness (QED) is 0.873. The standard InChI is InChI=1S/C17H19NO3S/c1-13-7-8-14-5-3-4-6-17(14)18(13)22(19,20)16-11-9-15(21-2)10-12-16/h3-6,9-13H,7-8H2,1-2H3/t13-/m0/s1. The molecule has 116 valence electrons. The third-order valence-electron chi connectivity index (χ3n) is 4.08. The Morgan fingerprint density at radius 2 is 1.77 bits per heavy atom. The summed E-state index contributed by atoms with van der Waals surface area (Å²) in [5.41, 5.74) is 1.87. The van der Waals surface area contributed by atoms with E-state index in [0.717, 1.165) is 24.1 Å². The van der Waals surface area contributed by atoms with Crippen LogP contribution in [-0.2, 0) is 16.4 Å². The van der Waals surface area contributed by atoms with Crippen molar-refractivity contribution < 1.29 is 13.2 Å². The van der Waals surface area contributed by atoms with Gasteiger partial charge in [0.25, 0.3) is 10.0 Å². The predicted molar refractivity (Wildman–Crippen MR) is 86.9 cm³/mol. The summed E-state index contributed by atoms with van der Waals surface area (Å²) in [5.74, 6) is 0.644. The lowest BCUT2D eigenvalue weighted by Gasteiger charge is -2.36. The van der Waals surface area contributed by atoms with Gasteiger partial charge in [-0.05, 0) is 55.7 Å². The lowest BCUT2D eigenvalue weighted by atomic mass is 9.99. The lowest BCUT2D eigenvalue weighted by Crippen LogP contribution is -2.42. The number of hydrogen-bond acceptors (Lipinski definition) is 3. The van der Waals surface area contributed by atoms with Gasteiger partial charge in [-0.1, -0.05) is 18.2 Å². The molecule has 3 rings (SSSR count). The van der Waals surface area contributed by atoms with Gasteiger partial charge in [0.05, 0.1) is 17.7 Å². The molecule has 22 heavy (non-hydrogen) atoms. The molecule has 0 aromatic heterocycles. The van der Waals surface area contributed by atoms with E-state index in [2.05, 4.69) is 0 Å². The zero-order valence-electron chi connectivity index (χ0n) is 12.7. The Morgan fingerprint density at radius 1 is 1.09 bits per heavy atom. The van der Waals surface area contributed by atoms with E-state index in [-0.39, 0.29) is 10.9 Å². The van der Waals surface area contributed by atoms with E-state index in [1.165, 1.54) is 0 Å². The molecule has 0 saturated carbocycles. The van der Waals surface area contributed by atoms with Crippen molar-refractivity contribution in [3.05, 3.63) is 54.1 Å². The van der Waals surface area contributed by atoms with Gasteiger partial charge in [-0.3, -0.25) is 4.31 Å². The lowest BCUT2D eigenvalue weighted by molar-refractivity contribution is 0.414. The number of methoxy groups -OCH3 is 1. The minimum Gasteiger partial charge on any atom is -0.497 e. The maximum absolute atomic E-state index is 13.0. The minimum absolute atomic E-state index is 0.0537. The molecule has 1 aliphatic rings. The summed E-state index contributed by atoms with van der Waals surface area (Å²) in [6.45, 7) is 1.96. The SMILES string of the molecule is COc1ccc(S(=O)(=O)N2c3ccccc3CC[C@@H]2C)cc1. The van der Waals surface area contributed by atoms with Gasteiger partial charge in [-0.2, -0.15) is 0 Å². The summed E-state index contributed by atoms with van der Waals surface area (Å²) in [6, 6.07) is 14.2. The Morgan fingerprint density at radius 3 is 2.45 bits per heavy atom. The Hall–Kier alpha value is -2.01. The van der Waals surface area contributed by atoms with Crippen LogP contribution in [0.25, 0.3) is 0 Å². The first-order chi connectivity index (χ1) is 10.5. The summed E-state index contributed by atoms with van der Waals surface area (Å²) >= 11 is 0. The fourth-order valence-corrected chi connectivity index (χ4v) is 4.61. The number of ether oxygens (including phenoxy) is 1. The van der Waals surface area contributed by atoms with Crippen LogP contribution in [0.1, 0.15) is 18.9 Å². The van der Waals surface area contributed by atoms with Crippen LogP contribution in [0.2, 0.25) is 0 Å². The van der Waals surface area contributed by atoms with E-state index in [4.69, 9.17) is 4.74 Å². The molecule has 0 bridgehead atoms. The van der Waals surface area contributed by atoms with Crippen molar-refractivity contribution in [1.82, 2.24) is 0 Å². The molecule has 1 atom stereocenters. The number of nitrogens with zero attached hydrogens (tertiary/aromatic N) is 1. The number of fused-ring (bicyclic) bond motifs is 1. The molecule has 5 heteroatoms. The van der Waals surface area contributed by atoms with Gasteiger partial charge < -0.3 is 4.74 Å². The molecular weight excluding hydrogens is 298 g/mol. The van der Waals surface area contributed by atoms with Crippen LogP contribution in [-0.4, -0.2) is 21.6 Å². The second-order valence-electron chi connectivity index (χ2n) is 5.49. The van der Waals surface area contributed by atoms with E-state index >= 15 is 0 Å². The average Bonchev–Trinajstić information content (AvgIpc) is 2.54. The Kier molecular flexibility index (Phi) is 3.83. The number of hydrogen-bond donors (Lipinski definition) is 0. The predicted octanol–water partition coefficient (Wildman–Crippen LogP) is 3.23. The molecule has 0 aliphatic carbocycles. The molecule has 0 unspecified atom stereocenters. The van der Waals surface area contributed by atoms with E-state index in [1.807, 2.05) is 31.2 Å². The Bertz CT molecular complexity index is 769. The first-order valence-corrected chi connectivity index (χ1v) is 8.74. The van der Waals surface area contributed by atoms with Gasteiger partial charge in [0.15, 0.2) is 0 Å². The van der Waals surface area contributed by atoms with Crippen molar-refractivity contribution in [2.75, 3.05) is 11.4 Å². The third-order valence-corrected chi connectivity index (χ3v) is 6.02. The van der Waals surface area contributed by atoms with Gasteiger partial charge in [0, 0.05) is 6.04 Å². The largest absolute Gasteiger partial charge is 0.497 e. The third kappa shape index (κ3) is 2.46. The van der Waals surface area contributed by atoms with Gasteiger partial charge in [0.2, 0.25) is 0 Å². The Labute approximate surface area is 131 Å². The van der Waals surface area contributed by atoms with Crippen molar-refractivity contribution >= 4 is 15.7 Å². The van der Waals surface area contributed by atoms with E-state index in [1.54, 1.807) is 35.7 Å². The highest BCUT2D eigenvalue weighted by molar-refractivity contribution is 7.92. The normalized spacial score (nSPS) is 17.9. The van der Waals surface area contributed by atoms with Crippen molar-refractivity contribution in [2.24, 2.45) is 0 Å². The van der Waals surface area contributed by atoms with Gasteiger partial charge >= 0.3 is 0 Å². The monoisotopic (exact) mass is 317 g/mol. The highest BCUT2D eigenvalue weighted by Gasteiger charge is 2.33. The molecule has 1 heterocycles. The van der Waals surface area contributed by atoms with E-state index in [0.29, 0.717) is 5.75 Å². The summed E-state index contributed by atoms with van der Waals surface area (Å²) in [5, 5.41) is 0. The van der Waals surface area contributed by atoms with Crippen LogP contribution in [0, 0.1) is 0 Å². The van der Waals surface area contributed by atoms with Crippen LogP contribution >= 0.6 is 0 Å². The molecule has 0 N–H and O–H groups in total. The number of rotatable bonds is 3. The molecule has 0 fully saturated rings.